The van der Waals surface area contributed by atoms with E-state index in [-0.39, 0.29) is 17.6 Å². The number of pyridine rings is 1. The second kappa shape index (κ2) is 9.86. The fourth-order valence-corrected chi connectivity index (χ4v) is 5.09. The van der Waals surface area contributed by atoms with Crippen LogP contribution in [0.25, 0.3) is 11.3 Å². The first kappa shape index (κ1) is 22.5. The highest BCUT2D eigenvalue weighted by Gasteiger charge is 2.33. The van der Waals surface area contributed by atoms with Crippen molar-refractivity contribution in [3.63, 3.8) is 0 Å². The first-order chi connectivity index (χ1) is 15.4. The Bertz CT molecular complexity index is 1120. The molecule has 170 valence electrons. The lowest BCUT2D eigenvalue weighted by Gasteiger charge is -2.36. The molecule has 10 heteroatoms. The van der Waals surface area contributed by atoms with Crippen molar-refractivity contribution in [3.05, 3.63) is 60.6 Å². The van der Waals surface area contributed by atoms with Gasteiger partial charge in [0, 0.05) is 24.5 Å². The van der Waals surface area contributed by atoms with Crippen molar-refractivity contribution < 1.29 is 18.3 Å². The number of nitrogens with one attached hydrogen (secondary N) is 1. The molecule has 0 bridgehead atoms. The summed E-state index contributed by atoms with van der Waals surface area (Å²) >= 11 is 0. The van der Waals surface area contributed by atoms with E-state index in [1.54, 1.807) is 41.3 Å². The van der Waals surface area contributed by atoms with Crippen LogP contribution < -0.4 is 4.72 Å². The van der Waals surface area contributed by atoms with Crippen molar-refractivity contribution in [1.82, 2.24) is 24.7 Å². The molecule has 1 saturated heterocycles. The number of hydrogen-bond donors (Lipinski definition) is 2. The molecule has 0 amide bonds. The monoisotopic (exact) mass is 457 g/mol. The van der Waals surface area contributed by atoms with E-state index in [1.165, 1.54) is 0 Å². The minimum atomic E-state index is -3.68. The van der Waals surface area contributed by atoms with E-state index in [0.29, 0.717) is 25.8 Å². The third kappa shape index (κ3) is 5.39. The number of aryl methyl sites for hydroxylation is 2. The van der Waals surface area contributed by atoms with Crippen LogP contribution in [0.4, 0.5) is 0 Å². The predicted octanol–water partition coefficient (Wildman–Crippen LogP) is 1.93. The van der Waals surface area contributed by atoms with E-state index in [1.807, 2.05) is 25.3 Å². The molecule has 0 aliphatic carbocycles. The van der Waals surface area contributed by atoms with Gasteiger partial charge in [0.05, 0.1) is 35.9 Å². The van der Waals surface area contributed by atoms with E-state index in [0.717, 1.165) is 16.8 Å². The molecular formula is C22H27N5O4S. The Morgan fingerprint density at radius 2 is 2.03 bits per heavy atom. The summed E-state index contributed by atoms with van der Waals surface area (Å²) < 4.78 is 35.9. The lowest BCUT2D eigenvalue weighted by molar-refractivity contribution is -0.0891. The number of aliphatic hydroxyl groups excluding tert-OH is 1. The number of ether oxygens (including phenoxy) is 1. The molecule has 3 aromatic rings. The summed E-state index contributed by atoms with van der Waals surface area (Å²) in [6.07, 6.45) is 6.56. The minimum Gasteiger partial charge on any atom is -0.394 e. The average Bonchev–Trinajstić information content (AvgIpc) is 3.28. The molecule has 3 heterocycles. The quantitative estimate of drug-likeness (QED) is 0.530. The van der Waals surface area contributed by atoms with Gasteiger partial charge >= 0.3 is 0 Å². The van der Waals surface area contributed by atoms with Gasteiger partial charge < -0.3 is 9.84 Å². The topological polar surface area (TPSA) is 119 Å². The largest absolute Gasteiger partial charge is 0.394 e. The molecule has 0 spiro atoms. The van der Waals surface area contributed by atoms with Crippen LogP contribution in [0.5, 0.6) is 0 Å². The fourth-order valence-electron chi connectivity index (χ4n) is 3.79. The predicted molar refractivity (Wildman–Crippen MR) is 118 cm³/mol. The van der Waals surface area contributed by atoms with Crippen LogP contribution in [-0.2, 0) is 21.3 Å². The van der Waals surface area contributed by atoms with Gasteiger partial charge in [0.1, 0.15) is 5.69 Å². The summed E-state index contributed by atoms with van der Waals surface area (Å²) in [6, 6.07) is 9.97. The maximum absolute atomic E-state index is 12.7. The van der Waals surface area contributed by atoms with Gasteiger partial charge in [0.15, 0.2) is 0 Å². The summed E-state index contributed by atoms with van der Waals surface area (Å²) in [4.78, 5) is 4.30. The molecule has 1 aromatic carbocycles. The van der Waals surface area contributed by atoms with E-state index < -0.39 is 22.2 Å². The molecule has 1 aliphatic rings. The zero-order valence-electron chi connectivity index (χ0n) is 17.8. The van der Waals surface area contributed by atoms with Gasteiger partial charge in [0.2, 0.25) is 10.0 Å². The Labute approximate surface area is 187 Å². The highest BCUT2D eigenvalue weighted by molar-refractivity contribution is 7.89. The van der Waals surface area contributed by atoms with E-state index in [2.05, 4.69) is 20.0 Å². The number of rotatable bonds is 8. The molecule has 9 nitrogen and oxygen atoms in total. The molecule has 0 unspecified atom stereocenters. The Morgan fingerprint density at radius 1 is 1.22 bits per heavy atom. The van der Waals surface area contributed by atoms with Crippen LogP contribution in [0.15, 0.2) is 59.9 Å². The molecular weight excluding hydrogens is 430 g/mol. The van der Waals surface area contributed by atoms with Crippen molar-refractivity contribution in [3.8, 4) is 11.3 Å². The van der Waals surface area contributed by atoms with Crippen molar-refractivity contribution in [2.24, 2.45) is 0 Å². The van der Waals surface area contributed by atoms with Gasteiger partial charge in [-0.1, -0.05) is 22.9 Å². The molecule has 4 rings (SSSR count). The molecule has 1 fully saturated rings. The van der Waals surface area contributed by atoms with Crippen LogP contribution in [0.1, 0.15) is 24.8 Å². The molecule has 0 radical (unpaired) electrons. The summed E-state index contributed by atoms with van der Waals surface area (Å²) in [7, 11) is -3.68. The van der Waals surface area contributed by atoms with Crippen molar-refractivity contribution in [2.75, 3.05) is 6.61 Å². The number of aliphatic hydroxyl groups is 1. The number of benzene rings is 1. The summed E-state index contributed by atoms with van der Waals surface area (Å²) in [5, 5.41) is 18.1. The van der Waals surface area contributed by atoms with Crippen LogP contribution in [0.3, 0.4) is 0 Å². The Morgan fingerprint density at radius 3 is 2.75 bits per heavy atom. The second-order valence-electron chi connectivity index (χ2n) is 7.99. The molecule has 3 atom stereocenters. The van der Waals surface area contributed by atoms with Crippen LogP contribution >= 0.6 is 0 Å². The van der Waals surface area contributed by atoms with Crippen LogP contribution in [-0.4, -0.2) is 58.4 Å². The standard InChI is InChI=1S/C22H27N5O4S/c1-16-4-7-19(8-5-16)32(29,30)25-20-9-6-18(31-22(20)15-28)10-12-27-14-21(24-26-27)17-3-2-11-23-13-17/h2-5,7-8,11,13-14,18,20,22,25,28H,6,9-10,12,15H2,1H3/t18-,20+,22+/m1/s1. The van der Waals surface area contributed by atoms with Gasteiger partial charge in [-0.25, -0.2) is 13.1 Å². The average molecular weight is 458 g/mol. The van der Waals surface area contributed by atoms with Gasteiger partial charge in [0.25, 0.3) is 0 Å². The van der Waals surface area contributed by atoms with Gasteiger partial charge in [-0.2, -0.15) is 0 Å². The van der Waals surface area contributed by atoms with Gasteiger partial charge in [-0.05, 0) is 50.5 Å². The molecule has 2 N–H and O–H groups in total. The third-order valence-corrected chi connectivity index (χ3v) is 7.12. The van der Waals surface area contributed by atoms with Crippen molar-refractivity contribution in [1.29, 1.82) is 0 Å². The SMILES string of the molecule is Cc1ccc(S(=O)(=O)N[C@H]2CC[C@H](CCn3cc(-c4cccnc4)nn3)O[C@H]2CO)cc1. The molecule has 1 aliphatic heterocycles. The second-order valence-corrected chi connectivity index (χ2v) is 9.71. The highest BCUT2D eigenvalue weighted by atomic mass is 32.2. The fraction of sp³-hybridized carbons (Fsp3) is 0.409. The third-order valence-electron chi connectivity index (χ3n) is 5.61. The zero-order chi connectivity index (χ0) is 22.6. The van der Waals surface area contributed by atoms with Crippen molar-refractivity contribution in [2.45, 2.75) is 55.9 Å². The van der Waals surface area contributed by atoms with Gasteiger partial charge in [-0.15, -0.1) is 5.10 Å². The number of hydrogen-bond acceptors (Lipinski definition) is 7. The normalized spacial score (nSPS) is 21.5. The molecule has 0 saturated carbocycles. The highest BCUT2D eigenvalue weighted by Crippen LogP contribution is 2.24. The van der Waals surface area contributed by atoms with Gasteiger partial charge in [-0.3, -0.25) is 9.67 Å². The summed E-state index contributed by atoms with van der Waals surface area (Å²) in [6.45, 7) is 2.25. The first-order valence-corrected chi connectivity index (χ1v) is 12.1. The van der Waals surface area contributed by atoms with E-state index in [4.69, 9.17) is 4.74 Å². The summed E-state index contributed by atoms with van der Waals surface area (Å²) in [5.41, 5.74) is 2.64. The van der Waals surface area contributed by atoms with Crippen molar-refractivity contribution >= 4 is 10.0 Å². The van der Waals surface area contributed by atoms with Crippen LogP contribution in [0.2, 0.25) is 0 Å². The van der Waals surface area contributed by atoms with E-state index >= 15 is 0 Å². The Balaban J connectivity index is 1.33. The molecule has 2 aromatic heterocycles. The lowest BCUT2D eigenvalue weighted by atomic mass is 9.98. The smallest absolute Gasteiger partial charge is 0.240 e. The Hall–Kier alpha value is -2.66. The lowest BCUT2D eigenvalue weighted by Crippen LogP contribution is -2.50. The summed E-state index contributed by atoms with van der Waals surface area (Å²) in [5.74, 6) is 0. The maximum Gasteiger partial charge on any atom is 0.240 e. The minimum absolute atomic E-state index is 0.0988. The first-order valence-electron chi connectivity index (χ1n) is 10.6. The van der Waals surface area contributed by atoms with Crippen LogP contribution in [0, 0.1) is 6.92 Å². The Kier molecular flexibility index (Phi) is 6.95. The van der Waals surface area contributed by atoms with E-state index in [9.17, 15) is 13.5 Å². The maximum atomic E-state index is 12.7. The zero-order valence-corrected chi connectivity index (χ0v) is 18.6. The number of sulfonamides is 1. The molecule has 32 heavy (non-hydrogen) atoms. The number of nitrogens with zero attached hydrogens (tertiary/aromatic N) is 4. The number of aromatic nitrogens is 4.